The van der Waals surface area contributed by atoms with E-state index in [1.165, 1.54) is 40.7 Å². The molecule has 4 rings (SSSR count). The molecule has 9 heteroatoms. The molecule has 0 spiro atoms. The first kappa shape index (κ1) is 21.2. The highest BCUT2D eigenvalue weighted by atomic mass is 32.2. The molecule has 2 aliphatic rings. The molecule has 1 saturated carbocycles. The van der Waals surface area contributed by atoms with Crippen molar-refractivity contribution in [1.29, 1.82) is 0 Å². The summed E-state index contributed by atoms with van der Waals surface area (Å²) in [7, 11) is -3.94. The fourth-order valence-corrected chi connectivity index (χ4v) is 5.56. The van der Waals surface area contributed by atoms with Crippen molar-refractivity contribution in [2.24, 2.45) is 0 Å². The van der Waals surface area contributed by atoms with Crippen molar-refractivity contribution in [1.82, 2.24) is 4.31 Å². The summed E-state index contributed by atoms with van der Waals surface area (Å²) < 4.78 is 32.7. The number of benzene rings is 2. The third kappa shape index (κ3) is 3.98. The van der Waals surface area contributed by atoms with Crippen molar-refractivity contribution >= 4 is 33.5 Å². The van der Waals surface area contributed by atoms with Gasteiger partial charge in [0.1, 0.15) is 6.04 Å². The van der Waals surface area contributed by atoms with Crippen LogP contribution in [0.25, 0.3) is 0 Å². The molecule has 2 amide bonds. The maximum absolute atomic E-state index is 13.3. The van der Waals surface area contributed by atoms with Crippen molar-refractivity contribution < 1.29 is 27.5 Å². The van der Waals surface area contributed by atoms with Crippen molar-refractivity contribution in [2.45, 2.75) is 43.2 Å². The zero-order valence-electron chi connectivity index (χ0n) is 16.9. The van der Waals surface area contributed by atoms with Crippen LogP contribution in [0.5, 0.6) is 0 Å². The molecule has 1 atom stereocenters. The Hall–Kier alpha value is -3.04. The number of esters is 1. The Morgan fingerprint density at radius 2 is 1.71 bits per heavy atom. The first-order chi connectivity index (χ1) is 14.8. The Morgan fingerprint density at radius 1 is 1.06 bits per heavy atom. The van der Waals surface area contributed by atoms with Crippen LogP contribution in [0.4, 0.5) is 5.69 Å². The summed E-state index contributed by atoms with van der Waals surface area (Å²) in [6.07, 6.45) is 1.08. The first-order valence-electron chi connectivity index (χ1n) is 10.1. The molecule has 2 fully saturated rings. The standard InChI is InChI=1S/C22H22N2O6S/c1-2-30-22(27)15-8-10-16(11-9-15)23-20(25)14-19(21(23)26)24(17-12-13-17)31(28,29)18-6-4-3-5-7-18/h3-11,17,19H,2,12-14H2,1H3. The molecule has 1 unspecified atom stereocenters. The van der Waals surface area contributed by atoms with E-state index >= 15 is 0 Å². The quantitative estimate of drug-likeness (QED) is 0.482. The van der Waals surface area contributed by atoms with Crippen molar-refractivity contribution in [2.75, 3.05) is 11.5 Å². The van der Waals surface area contributed by atoms with Crippen LogP contribution in [0.15, 0.2) is 59.5 Å². The maximum atomic E-state index is 13.3. The van der Waals surface area contributed by atoms with Gasteiger partial charge in [0.25, 0.3) is 5.91 Å². The summed E-state index contributed by atoms with van der Waals surface area (Å²) >= 11 is 0. The topological polar surface area (TPSA) is 101 Å². The highest BCUT2D eigenvalue weighted by molar-refractivity contribution is 7.89. The number of anilines is 1. The van der Waals surface area contributed by atoms with E-state index in [0.717, 1.165) is 4.90 Å². The number of rotatable bonds is 7. The van der Waals surface area contributed by atoms with Gasteiger partial charge in [0.15, 0.2) is 0 Å². The largest absolute Gasteiger partial charge is 0.462 e. The van der Waals surface area contributed by atoms with Gasteiger partial charge in [0.2, 0.25) is 15.9 Å². The van der Waals surface area contributed by atoms with Crippen LogP contribution < -0.4 is 4.90 Å². The molecular formula is C22H22N2O6S. The van der Waals surface area contributed by atoms with Gasteiger partial charge < -0.3 is 4.74 Å². The number of ether oxygens (including phenoxy) is 1. The van der Waals surface area contributed by atoms with E-state index in [-0.39, 0.29) is 24.0 Å². The predicted molar refractivity (Wildman–Crippen MR) is 112 cm³/mol. The van der Waals surface area contributed by atoms with Gasteiger partial charge in [-0.15, -0.1) is 0 Å². The third-order valence-electron chi connectivity index (χ3n) is 5.29. The SMILES string of the molecule is CCOC(=O)c1ccc(N2C(=O)CC(N(C3CC3)S(=O)(=O)c3ccccc3)C2=O)cc1. The van der Waals surface area contributed by atoms with Gasteiger partial charge in [0, 0.05) is 6.04 Å². The summed E-state index contributed by atoms with van der Waals surface area (Å²) in [4.78, 5) is 38.8. The lowest BCUT2D eigenvalue weighted by Crippen LogP contribution is -2.46. The first-order valence-corrected chi connectivity index (χ1v) is 11.5. The van der Waals surface area contributed by atoms with Gasteiger partial charge in [-0.2, -0.15) is 4.31 Å². The molecule has 1 aliphatic heterocycles. The number of sulfonamides is 1. The molecule has 0 radical (unpaired) electrons. The van der Waals surface area contributed by atoms with Gasteiger partial charge in [-0.05, 0) is 56.2 Å². The highest BCUT2D eigenvalue weighted by Gasteiger charge is 2.51. The number of hydrogen-bond donors (Lipinski definition) is 0. The van der Waals surface area contributed by atoms with Crippen LogP contribution in [-0.2, 0) is 24.3 Å². The van der Waals surface area contributed by atoms with Crippen LogP contribution in [-0.4, -0.2) is 49.2 Å². The molecule has 1 saturated heterocycles. The number of nitrogens with zero attached hydrogens (tertiary/aromatic N) is 2. The second-order valence-electron chi connectivity index (χ2n) is 7.43. The molecule has 1 heterocycles. The fraction of sp³-hybridized carbons (Fsp3) is 0.318. The van der Waals surface area contributed by atoms with Crippen LogP contribution >= 0.6 is 0 Å². The van der Waals surface area contributed by atoms with Crippen LogP contribution in [0, 0.1) is 0 Å². The number of carbonyl (C=O) groups is 3. The monoisotopic (exact) mass is 442 g/mol. The van der Waals surface area contributed by atoms with E-state index in [0.29, 0.717) is 24.1 Å². The number of imide groups is 1. The van der Waals surface area contributed by atoms with E-state index < -0.39 is 33.8 Å². The molecule has 31 heavy (non-hydrogen) atoms. The van der Waals surface area contributed by atoms with E-state index in [1.807, 2.05) is 0 Å². The minimum atomic E-state index is -3.94. The van der Waals surface area contributed by atoms with Crippen molar-refractivity contribution in [3.05, 3.63) is 60.2 Å². The van der Waals surface area contributed by atoms with Gasteiger partial charge >= 0.3 is 5.97 Å². The van der Waals surface area contributed by atoms with Crippen molar-refractivity contribution in [3.63, 3.8) is 0 Å². The summed E-state index contributed by atoms with van der Waals surface area (Å²) in [5, 5.41) is 0. The van der Waals surface area contributed by atoms with Gasteiger partial charge in [-0.25, -0.2) is 18.1 Å². The van der Waals surface area contributed by atoms with Crippen LogP contribution in [0.1, 0.15) is 36.5 Å². The van der Waals surface area contributed by atoms with Crippen LogP contribution in [0.2, 0.25) is 0 Å². The van der Waals surface area contributed by atoms with E-state index in [2.05, 4.69) is 0 Å². The molecule has 1 aliphatic carbocycles. The number of carbonyl (C=O) groups excluding carboxylic acids is 3. The Labute approximate surface area is 180 Å². The normalized spacial score (nSPS) is 19.2. The summed E-state index contributed by atoms with van der Waals surface area (Å²) in [5.41, 5.74) is 0.589. The van der Waals surface area contributed by atoms with E-state index in [9.17, 15) is 22.8 Å². The molecule has 2 aromatic rings. The molecule has 0 N–H and O–H groups in total. The number of amides is 2. The molecule has 0 bridgehead atoms. The maximum Gasteiger partial charge on any atom is 0.338 e. The lowest BCUT2D eigenvalue weighted by atomic mass is 10.2. The summed E-state index contributed by atoms with van der Waals surface area (Å²) in [6.45, 7) is 1.93. The summed E-state index contributed by atoms with van der Waals surface area (Å²) in [6, 6.07) is 12.5. The Balaban J connectivity index is 1.62. The van der Waals surface area contributed by atoms with E-state index in [1.54, 1.807) is 25.1 Å². The highest BCUT2D eigenvalue weighted by Crippen LogP contribution is 2.38. The van der Waals surface area contributed by atoms with Gasteiger partial charge in [0.05, 0.1) is 29.2 Å². The van der Waals surface area contributed by atoms with Gasteiger partial charge in [-0.3, -0.25) is 9.59 Å². The molecule has 2 aromatic carbocycles. The predicted octanol–water partition coefficient (Wildman–Crippen LogP) is 2.35. The Morgan fingerprint density at radius 3 is 2.29 bits per heavy atom. The molecule has 8 nitrogen and oxygen atoms in total. The second-order valence-corrected chi connectivity index (χ2v) is 9.28. The number of hydrogen-bond acceptors (Lipinski definition) is 6. The average molecular weight is 442 g/mol. The summed E-state index contributed by atoms with van der Waals surface area (Å²) in [5.74, 6) is -1.56. The molecular weight excluding hydrogens is 420 g/mol. The smallest absolute Gasteiger partial charge is 0.338 e. The minimum absolute atomic E-state index is 0.0967. The lowest BCUT2D eigenvalue weighted by molar-refractivity contribution is -0.122. The molecule has 0 aromatic heterocycles. The Kier molecular flexibility index (Phi) is 5.63. The third-order valence-corrected chi connectivity index (χ3v) is 7.27. The van der Waals surface area contributed by atoms with Crippen molar-refractivity contribution in [3.8, 4) is 0 Å². The average Bonchev–Trinajstić information content (AvgIpc) is 3.54. The minimum Gasteiger partial charge on any atom is -0.462 e. The lowest BCUT2D eigenvalue weighted by Gasteiger charge is -2.26. The van der Waals surface area contributed by atoms with Crippen LogP contribution in [0.3, 0.4) is 0 Å². The fourth-order valence-electron chi connectivity index (χ4n) is 3.71. The molecule has 162 valence electrons. The zero-order chi connectivity index (χ0) is 22.2. The second kappa shape index (κ2) is 8.24. The zero-order valence-corrected chi connectivity index (χ0v) is 17.7. The van der Waals surface area contributed by atoms with E-state index in [4.69, 9.17) is 4.74 Å². The van der Waals surface area contributed by atoms with Gasteiger partial charge in [-0.1, -0.05) is 18.2 Å². The Bertz CT molecular complexity index is 1110.